The normalized spacial score (nSPS) is 23.4. The smallest absolute Gasteiger partial charge is 0.243 e. The fourth-order valence-electron chi connectivity index (χ4n) is 4.25. The Morgan fingerprint density at radius 3 is 2.58 bits per heavy atom. The highest BCUT2D eigenvalue weighted by atomic mass is 32.2. The van der Waals surface area contributed by atoms with Crippen LogP contribution in [-0.4, -0.2) is 49.7 Å². The van der Waals surface area contributed by atoms with Gasteiger partial charge in [-0.1, -0.05) is 18.2 Å². The molecular weight excluding hydrogens is 348 g/mol. The van der Waals surface area contributed by atoms with Gasteiger partial charge in [0.15, 0.2) is 0 Å². The van der Waals surface area contributed by atoms with E-state index in [2.05, 4.69) is 12.2 Å². The van der Waals surface area contributed by atoms with Crippen LogP contribution in [0.5, 0.6) is 0 Å². The SMILES string of the molecule is O=C(C[C@H]1C=CCC1)N1CCN(S(=O)(=O)c2ccc3c(c2)CCC3)CC1. The van der Waals surface area contributed by atoms with Gasteiger partial charge in [-0.2, -0.15) is 4.31 Å². The van der Waals surface area contributed by atoms with Crippen molar-refractivity contribution in [3.05, 3.63) is 41.5 Å². The Kier molecular flexibility index (Phi) is 4.88. The Morgan fingerprint density at radius 2 is 1.85 bits per heavy atom. The molecule has 5 nitrogen and oxygen atoms in total. The van der Waals surface area contributed by atoms with Gasteiger partial charge in [0.05, 0.1) is 4.90 Å². The summed E-state index contributed by atoms with van der Waals surface area (Å²) in [6.45, 7) is 1.73. The van der Waals surface area contributed by atoms with Crippen molar-refractivity contribution < 1.29 is 13.2 Å². The maximum Gasteiger partial charge on any atom is 0.243 e. The van der Waals surface area contributed by atoms with E-state index >= 15 is 0 Å². The van der Waals surface area contributed by atoms with E-state index in [9.17, 15) is 13.2 Å². The van der Waals surface area contributed by atoms with Gasteiger partial charge in [-0.15, -0.1) is 0 Å². The number of carbonyl (C=O) groups excluding carboxylic acids is 1. The average molecular weight is 375 g/mol. The summed E-state index contributed by atoms with van der Waals surface area (Å²) in [5, 5.41) is 0. The molecule has 1 aliphatic heterocycles. The third-order valence-corrected chi connectivity index (χ3v) is 7.74. The van der Waals surface area contributed by atoms with Gasteiger partial charge in [-0.05, 0) is 61.3 Å². The van der Waals surface area contributed by atoms with Crippen LogP contribution in [0.25, 0.3) is 0 Å². The topological polar surface area (TPSA) is 57.7 Å². The molecule has 6 heteroatoms. The maximum atomic E-state index is 13.0. The van der Waals surface area contributed by atoms with Gasteiger partial charge in [0.1, 0.15) is 0 Å². The zero-order valence-electron chi connectivity index (χ0n) is 15.1. The third-order valence-electron chi connectivity index (χ3n) is 5.85. The van der Waals surface area contributed by atoms with Crippen LogP contribution in [0.1, 0.15) is 36.8 Å². The predicted molar refractivity (Wildman–Crippen MR) is 100 cm³/mol. The molecule has 1 amide bonds. The first-order valence-electron chi connectivity index (χ1n) is 9.60. The Morgan fingerprint density at radius 1 is 1.08 bits per heavy atom. The molecular formula is C20H26N2O3S. The second-order valence-electron chi connectivity index (χ2n) is 7.54. The monoisotopic (exact) mass is 374 g/mol. The summed E-state index contributed by atoms with van der Waals surface area (Å²) in [5.41, 5.74) is 2.45. The lowest BCUT2D eigenvalue weighted by Gasteiger charge is -2.34. The number of rotatable bonds is 4. The van der Waals surface area contributed by atoms with Crippen LogP contribution in [0.2, 0.25) is 0 Å². The summed E-state index contributed by atoms with van der Waals surface area (Å²) in [7, 11) is -3.47. The first-order valence-corrected chi connectivity index (χ1v) is 11.0. The summed E-state index contributed by atoms with van der Waals surface area (Å²) in [4.78, 5) is 14.6. The minimum absolute atomic E-state index is 0.149. The zero-order chi connectivity index (χ0) is 18.1. The molecule has 0 aromatic heterocycles. The molecule has 3 aliphatic rings. The van der Waals surface area contributed by atoms with E-state index in [1.807, 2.05) is 17.0 Å². The molecule has 0 N–H and O–H groups in total. The van der Waals surface area contributed by atoms with E-state index in [1.54, 1.807) is 6.07 Å². The molecule has 0 unspecified atom stereocenters. The fraction of sp³-hybridized carbons (Fsp3) is 0.550. The fourth-order valence-corrected chi connectivity index (χ4v) is 5.73. The molecule has 0 spiro atoms. The van der Waals surface area contributed by atoms with Crippen molar-refractivity contribution in [1.82, 2.24) is 9.21 Å². The number of fused-ring (bicyclic) bond motifs is 1. The summed E-state index contributed by atoms with van der Waals surface area (Å²) < 4.78 is 27.4. The van der Waals surface area contributed by atoms with E-state index in [0.29, 0.717) is 43.4 Å². The molecule has 1 atom stereocenters. The average Bonchev–Trinajstić information content (AvgIpc) is 3.32. The minimum atomic E-state index is -3.47. The molecule has 2 aliphatic carbocycles. The minimum Gasteiger partial charge on any atom is -0.340 e. The zero-order valence-corrected chi connectivity index (χ0v) is 15.9. The van der Waals surface area contributed by atoms with Crippen LogP contribution in [0, 0.1) is 5.92 Å². The molecule has 1 fully saturated rings. The number of hydrogen-bond acceptors (Lipinski definition) is 3. The van der Waals surface area contributed by atoms with Crippen molar-refractivity contribution in [3.63, 3.8) is 0 Å². The maximum absolute atomic E-state index is 13.0. The van der Waals surface area contributed by atoms with E-state index in [4.69, 9.17) is 0 Å². The van der Waals surface area contributed by atoms with Gasteiger partial charge in [-0.25, -0.2) is 8.42 Å². The lowest BCUT2D eigenvalue weighted by molar-refractivity contribution is -0.133. The molecule has 4 rings (SSSR count). The first-order chi connectivity index (χ1) is 12.5. The van der Waals surface area contributed by atoms with Gasteiger partial charge in [0, 0.05) is 32.6 Å². The molecule has 0 bridgehead atoms. The highest BCUT2D eigenvalue weighted by Gasteiger charge is 2.31. The van der Waals surface area contributed by atoms with Crippen LogP contribution in [0.3, 0.4) is 0 Å². The number of sulfonamides is 1. The quantitative estimate of drug-likeness (QED) is 0.760. The summed E-state index contributed by atoms with van der Waals surface area (Å²) in [6, 6.07) is 5.55. The number of hydrogen-bond donors (Lipinski definition) is 0. The molecule has 1 aromatic carbocycles. The molecule has 0 radical (unpaired) electrons. The molecule has 1 saturated heterocycles. The van der Waals surface area contributed by atoms with Gasteiger partial charge in [0.25, 0.3) is 0 Å². The molecule has 1 heterocycles. The van der Waals surface area contributed by atoms with E-state index in [0.717, 1.165) is 32.1 Å². The highest BCUT2D eigenvalue weighted by molar-refractivity contribution is 7.89. The van der Waals surface area contributed by atoms with Crippen molar-refractivity contribution in [2.24, 2.45) is 5.92 Å². The molecule has 26 heavy (non-hydrogen) atoms. The van der Waals surface area contributed by atoms with Crippen molar-refractivity contribution in [1.29, 1.82) is 0 Å². The van der Waals surface area contributed by atoms with Crippen LogP contribution in [0.15, 0.2) is 35.2 Å². The van der Waals surface area contributed by atoms with Gasteiger partial charge < -0.3 is 4.90 Å². The Hall–Kier alpha value is -1.66. The molecule has 0 saturated carbocycles. The number of benzene rings is 1. The van der Waals surface area contributed by atoms with Crippen molar-refractivity contribution in [3.8, 4) is 0 Å². The molecule has 1 aromatic rings. The predicted octanol–water partition coefficient (Wildman–Crippen LogP) is 2.36. The van der Waals surface area contributed by atoms with Crippen LogP contribution in [0.4, 0.5) is 0 Å². The summed E-state index contributed by atoms with van der Waals surface area (Å²) >= 11 is 0. The van der Waals surface area contributed by atoms with E-state index in [-0.39, 0.29) is 5.91 Å². The van der Waals surface area contributed by atoms with Gasteiger partial charge in [-0.3, -0.25) is 4.79 Å². The lowest BCUT2D eigenvalue weighted by Crippen LogP contribution is -2.50. The van der Waals surface area contributed by atoms with Crippen LogP contribution in [-0.2, 0) is 27.7 Å². The number of allylic oxidation sites excluding steroid dienone is 2. The first kappa shape index (κ1) is 17.7. The number of piperazine rings is 1. The largest absolute Gasteiger partial charge is 0.340 e. The number of aryl methyl sites for hydroxylation is 2. The van der Waals surface area contributed by atoms with Gasteiger partial charge in [0.2, 0.25) is 15.9 Å². The Balaban J connectivity index is 1.39. The van der Waals surface area contributed by atoms with Gasteiger partial charge >= 0.3 is 0 Å². The number of nitrogens with zero attached hydrogens (tertiary/aromatic N) is 2. The second-order valence-corrected chi connectivity index (χ2v) is 9.48. The standard InChI is InChI=1S/C20H26N2O3S/c23-20(14-16-4-1-2-5-16)21-10-12-22(13-11-21)26(24,25)19-9-8-17-6-3-7-18(17)15-19/h1,4,8-9,15-16H,2-3,5-7,10-14H2/t16-/m0/s1. The summed E-state index contributed by atoms with van der Waals surface area (Å²) in [6.07, 6.45) is 10.1. The lowest BCUT2D eigenvalue weighted by atomic mass is 10.0. The summed E-state index contributed by atoms with van der Waals surface area (Å²) in [5.74, 6) is 0.506. The third kappa shape index (κ3) is 3.45. The Bertz CT molecular complexity index is 823. The van der Waals surface area contributed by atoms with Crippen LogP contribution >= 0.6 is 0 Å². The van der Waals surface area contributed by atoms with Crippen molar-refractivity contribution >= 4 is 15.9 Å². The van der Waals surface area contributed by atoms with Crippen LogP contribution < -0.4 is 0 Å². The second kappa shape index (κ2) is 7.16. The van der Waals surface area contributed by atoms with E-state index in [1.165, 1.54) is 15.4 Å². The highest BCUT2D eigenvalue weighted by Crippen LogP contribution is 2.27. The molecule has 140 valence electrons. The number of amides is 1. The van der Waals surface area contributed by atoms with E-state index < -0.39 is 10.0 Å². The van der Waals surface area contributed by atoms with Crippen molar-refractivity contribution in [2.75, 3.05) is 26.2 Å². The van der Waals surface area contributed by atoms with Crippen molar-refractivity contribution in [2.45, 2.75) is 43.4 Å². The number of carbonyl (C=O) groups is 1. The Labute approximate surface area is 155 Å².